The maximum absolute atomic E-state index is 11.9. The second-order valence-corrected chi connectivity index (χ2v) is 6.64. The molecule has 2 N–H and O–H groups in total. The first-order valence-corrected chi connectivity index (χ1v) is 7.67. The first-order valence-electron chi connectivity index (χ1n) is 5.96. The van der Waals surface area contributed by atoms with Crippen molar-refractivity contribution >= 4 is 23.9 Å². The van der Waals surface area contributed by atoms with Crippen LogP contribution in [-0.4, -0.2) is 25.2 Å². The number of benzene rings is 2. The molecule has 1 aromatic carbocycles. The van der Waals surface area contributed by atoms with E-state index >= 15 is 0 Å². The van der Waals surface area contributed by atoms with Crippen molar-refractivity contribution < 1.29 is 14.6 Å². The normalized spacial score (nSPS) is 12.4. The molecule has 0 saturated carbocycles. The number of aromatic hydroxyl groups is 2. The minimum atomic E-state index is -0.470. The molecule has 0 atom stereocenters. The molecule has 98 valence electrons. The molecule has 3 aliphatic rings. The van der Waals surface area contributed by atoms with Crippen LogP contribution in [0.2, 0.25) is 0 Å². The summed E-state index contributed by atoms with van der Waals surface area (Å²) in [6.07, 6.45) is 0. The Kier molecular flexibility index (Phi) is 2.25. The van der Waals surface area contributed by atoms with Gasteiger partial charge < -0.3 is 0 Å². The van der Waals surface area contributed by atoms with Crippen LogP contribution in [0.4, 0.5) is 0 Å². The molecule has 0 aromatic heterocycles. The van der Waals surface area contributed by atoms with E-state index in [2.05, 4.69) is 0 Å². The van der Waals surface area contributed by atoms with Gasteiger partial charge in [0.15, 0.2) is 0 Å². The van der Waals surface area contributed by atoms with E-state index in [9.17, 15) is 15.0 Å². The first-order chi connectivity index (χ1) is 9.66. The van der Waals surface area contributed by atoms with Gasteiger partial charge in [-0.1, -0.05) is 0 Å². The zero-order valence-corrected chi connectivity index (χ0v) is 11.8. The quantitative estimate of drug-likeness (QED) is 0.506. The number of fused-ring (bicyclic) bond motifs is 2. The third-order valence-electron chi connectivity index (χ3n) is 3.29. The van der Waals surface area contributed by atoms with Crippen molar-refractivity contribution in [3.8, 4) is 34.1 Å². The Bertz CT molecular complexity index is 867. The van der Waals surface area contributed by atoms with Gasteiger partial charge in [-0.15, -0.1) is 0 Å². The van der Waals surface area contributed by atoms with Gasteiger partial charge in [-0.05, 0) is 0 Å². The zero-order chi connectivity index (χ0) is 13.9. The Morgan fingerprint density at radius 3 is 2.45 bits per heavy atom. The molecule has 4 nitrogen and oxygen atoms in total. The minimum absolute atomic E-state index is 0.0232. The van der Waals surface area contributed by atoms with E-state index in [-0.39, 0.29) is 28.3 Å². The van der Waals surface area contributed by atoms with E-state index in [1.807, 2.05) is 30.3 Å². The van der Waals surface area contributed by atoms with Crippen LogP contribution in [0.1, 0.15) is 0 Å². The van der Waals surface area contributed by atoms with Crippen molar-refractivity contribution in [1.29, 1.82) is 0 Å². The van der Waals surface area contributed by atoms with Crippen LogP contribution in [0.3, 0.4) is 0 Å². The Labute approximate surface area is 119 Å². The average Bonchev–Trinajstić information content (AvgIpc) is 2.43. The second kappa shape index (κ2) is 3.88. The summed E-state index contributed by atoms with van der Waals surface area (Å²) in [6, 6.07) is 10.8. The van der Waals surface area contributed by atoms with Crippen LogP contribution in [0.5, 0.6) is 11.5 Å². The van der Waals surface area contributed by atoms with Gasteiger partial charge in [-0.3, -0.25) is 0 Å². The predicted molar refractivity (Wildman–Crippen MR) is 75.4 cm³/mol. The molecule has 0 unspecified atom stereocenters. The van der Waals surface area contributed by atoms with E-state index < -0.39 is 15.0 Å². The molecule has 0 amide bonds. The van der Waals surface area contributed by atoms with Crippen LogP contribution < -0.4 is 14.4 Å². The zero-order valence-electron chi connectivity index (χ0n) is 10.1. The van der Waals surface area contributed by atoms with Gasteiger partial charge in [0, 0.05) is 0 Å². The SMILES string of the molecule is O=c1cc2oc(-c3ccccc3)c3c(O)c-2c(O)c1[Se]3. The standard InChI is InChI=1S/C15H8O4Se/c16-8-6-9-10-11(17)14(8)20-15(12(10)18)13(19-9)7-4-2-1-3-5-7/h1-6,17-18H. The Morgan fingerprint density at radius 2 is 1.70 bits per heavy atom. The molecule has 0 radical (unpaired) electrons. The van der Waals surface area contributed by atoms with Gasteiger partial charge in [0.1, 0.15) is 0 Å². The molecule has 5 heteroatoms. The monoisotopic (exact) mass is 332 g/mol. The van der Waals surface area contributed by atoms with Gasteiger partial charge in [0.2, 0.25) is 0 Å². The van der Waals surface area contributed by atoms with Gasteiger partial charge in [0.05, 0.1) is 0 Å². The van der Waals surface area contributed by atoms with Crippen molar-refractivity contribution in [3.05, 3.63) is 46.6 Å². The van der Waals surface area contributed by atoms with Crippen molar-refractivity contribution in [3.63, 3.8) is 0 Å². The number of rotatable bonds is 1. The van der Waals surface area contributed by atoms with Crippen LogP contribution in [0, 0.1) is 0 Å². The van der Waals surface area contributed by atoms with Crippen molar-refractivity contribution in [1.82, 2.24) is 0 Å². The van der Waals surface area contributed by atoms with Crippen molar-refractivity contribution in [2.75, 3.05) is 0 Å². The van der Waals surface area contributed by atoms with E-state index in [1.165, 1.54) is 6.07 Å². The molecular weight excluding hydrogens is 323 g/mol. The summed E-state index contributed by atoms with van der Waals surface area (Å²) in [4.78, 5) is 11.9. The van der Waals surface area contributed by atoms with Crippen LogP contribution in [0.15, 0.2) is 45.6 Å². The molecule has 2 heterocycles. The summed E-state index contributed by atoms with van der Waals surface area (Å²) in [7, 11) is 0. The molecule has 2 aliphatic heterocycles. The summed E-state index contributed by atoms with van der Waals surface area (Å²) in [5.41, 5.74) is 0.844. The Hall–Kier alpha value is -2.23. The summed E-state index contributed by atoms with van der Waals surface area (Å²) in [6.45, 7) is 0. The molecule has 1 aliphatic carbocycles. The van der Waals surface area contributed by atoms with Gasteiger partial charge >= 0.3 is 119 Å². The fraction of sp³-hybridized carbons (Fsp3) is 0. The summed E-state index contributed by atoms with van der Waals surface area (Å²) >= 11 is -0.470. The van der Waals surface area contributed by atoms with Gasteiger partial charge in [-0.2, -0.15) is 0 Å². The van der Waals surface area contributed by atoms with Gasteiger partial charge in [0.25, 0.3) is 0 Å². The first kappa shape index (κ1) is 11.6. The molecule has 3 bridgehead atoms. The molecule has 4 rings (SSSR count). The average molecular weight is 331 g/mol. The third kappa shape index (κ3) is 1.39. The molecule has 0 fully saturated rings. The maximum atomic E-state index is 11.9. The van der Waals surface area contributed by atoms with E-state index in [4.69, 9.17) is 4.42 Å². The predicted octanol–water partition coefficient (Wildman–Crippen LogP) is 0.791. The number of hydrogen-bond donors (Lipinski definition) is 2. The fourth-order valence-electron chi connectivity index (χ4n) is 2.37. The summed E-state index contributed by atoms with van der Waals surface area (Å²) in [5.74, 6) is 0.665. The Morgan fingerprint density at radius 1 is 1.00 bits per heavy atom. The van der Waals surface area contributed by atoms with E-state index in [1.54, 1.807) is 0 Å². The van der Waals surface area contributed by atoms with E-state index in [0.717, 1.165) is 5.56 Å². The second-order valence-electron chi connectivity index (χ2n) is 4.50. The van der Waals surface area contributed by atoms with Gasteiger partial charge in [-0.25, -0.2) is 0 Å². The number of hydrogen-bond acceptors (Lipinski definition) is 4. The van der Waals surface area contributed by atoms with Crippen molar-refractivity contribution in [2.24, 2.45) is 0 Å². The van der Waals surface area contributed by atoms with Crippen LogP contribution >= 0.6 is 0 Å². The number of phenols is 1. The topological polar surface area (TPSA) is 70.7 Å². The summed E-state index contributed by atoms with van der Waals surface area (Å²) < 4.78 is 6.75. The molecule has 0 saturated heterocycles. The van der Waals surface area contributed by atoms with Crippen LogP contribution in [0.25, 0.3) is 22.6 Å². The number of phenolic OH excluding ortho intramolecular Hbond substituents is 1. The summed E-state index contributed by atoms with van der Waals surface area (Å²) in [5, 5.41) is 20.3. The molecular formula is C15H8O4Se. The van der Waals surface area contributed by atoms with Crippen LogP contribution in [-0.2, 0) is 0 Å². The molecule has 20 heavy (non-hydrogen) atoms. The van der Waals surface area contributed by atoms with E-state index in [0.29, 0.717) is 14.7 Å². The molecule has 1 aromatic rings. The Balaban J connectivity index is 2.15. The third-order valence-corrected chi connectivity index (χ3v) is 5.77. The molecule has 0 spiro atoms. The fourth-order valence-corrected chi connectivity index (χ4v) is 4.49. The van der Waals surface area contributed by atoms with Crippen molar-refractivity contribution in [2.45, 2.75) is 0 Å².